The van der Waals surface area contributed by atoms with Gasteiger partial charge in [-0.1, -0.05) is 19.1 Å². The van der Waals surface area contributed by atoms with E-state index in [0.29, 0.717) is 11.5 Å². The molecule has 0 atom stereocenters. The predicted octanol–water partition coefficient (Wildman–Crippen LogP) is 3.82. The van der Waals surface area contributed by atoms with Crippen molar-refractivity contribution in [3.63, 3.8) is 0 Å². The van der Waals surface area contributed by atoms with E-state index in [1.165, 1.54) is 31.5 Å². The van der Waals surface area contributed by atoms with Crippen molar-refractivity contribution in [2.75, 3.05) is 25.5 Å². The average molecular weight is 406 g/mol. The Hall–Kier alpha value is -3.19. The van der Waals surface area contributed by atoms with Gasteiger partial charge in [-0.3, -0.25) is 14.7 Å². The molecule has 2 aromatic carbocycles. The van der Waals surface area contributed by atoms with Crippen molar-refractivity contribution in [2.45, 2.75) is 26.3 Å². The third-order valence-electron chi connectivity index (χ3n) is 5.56. The van der Waals surface area contributed by atoms with Crippen LogP contribution in [0.15, 0.2) is 53.3 Å². The monoisotopic (exact) mass is 405 g/mol. The first-order valence-electron chi connectivity index (χ1n) is 10.3. The van der Waals surface area contributed by atoms with Crippen molar-refractivity contribution in [2.24, 2.45) is 5.92 Å². The summed E-state index contributed by atoms with van der Waals surface area (Å²) in [5, 5.41) is 11.3. The van der Waals surface area contributed by atoms with Crippen molar-refractivity contribution >= 4 is 11.6 Å². The van der Waals surface area contributed by atoms with Crippen LogP contribution in [0.5, 0.6) is 5.75 Å². The van der Waals surface area contributed by atoms with Crippen LogP contribution in [0.2, 0.25) is 0 Å². The summed E-state index contributed by atoms with van der Waals surface area (Å²) in [5.41, 5.74) is 2.80. The van der Waals surface area contributed by atoms with Gasteiger partial charge in [0.15, 0.2) is 5.69 Å². The van der Waals surface area contributed by atoms with Crippen LogP contribution in [-0.2, 0) is 6.54 Å². The zero-order valence-electron chi connectivity index (χ0n) is 17.4. The minimum atomic E-state index is -0.298. The van der Waals surface area contributed by atoms with E-state index in [-0.39, 0.29) is 11.3 Å². The van der Waals surface area contributed by atoms with Gasteiger partial charge < -0.3 is 10.1 Å². The van der Waals surface area contributed by atoms with E-state index in [4.69, 9.17) is 4.74 Å². The maximum atomic E-state index is 12.4. The molecule has 7 heteroatoms. The lowest BCUT2D eigenvalue weighted by Crippen LogP contribution is -2.32. The fourth-order valence-electron chi connectivity index (χ4n) is 3.64. The molecule has 30 heavy (non-hydrogen) atoms. The molecule has 2 N–H and O–H groups in total. The van der Waals surface area contributed by atoms with Crippen LogP contribution in [0.1, 0.15) is 25.3 Å². The summed E-state index contributed by atoms with van der Waals surface area (Å²) in [6.07, 6.45) is 2.55. The van der Waals surface area contributed by atoms with Crippen LogP contribution in [0.4, 0.5) is 11.6 Å². The third-order valence-corrected chi connectivity index (χ3v) is 5.56. The molecule has 0 aliphatic carbocycles. The van der Waals surface area contributed by atoms with E-state index in [1.54, 1.807) is 31.4 Å². The van der Waals surface area contributed by atoms with E-state index < -0.39 is 0 Å². The molecule has 3 aromatic rings. The van der Waals surface area contributed by atoms with Gasteiger partial charge in [0.2, 0.25) is 5.95 Å². The molecule has 0 bridgehead atoms. The van der Waals surface area contributed by atoms with Crippen LogP contribution in [0.25, 0.3) is 11.3 Å². The highest BCUT2D eigenvalue weighted by atomic mass is 16.5. The Morgan fingerprint density at radius 1 is 1.07 bits per heavy atom. The van der Waals surface area contributed by atoms with Gasteiger partial charge in [0.05, 0.1) is 7.11 Å². The Kier molecular flexibility index (Phi) is 6.09. The smallest absolute Gasteiger partial charge is 0.279 e. The largest absolute Gasteiger partial charge is 0.497 e. The highest BCUT2D eigenvalue weighted by Gasteiger charge is 2.15. The van der Waals surface area contributed by atoms with Gasteiger partial charge in [0.25, 0.3) is 5.56 Å². The predicted molar refractivity (Wildman–Crippen MR) is 118 cm³/mol. The van der Waals surface area contributed by atoms with E-state index in [2.05, 4.69) is 44.5 Å². The number of piperidine rings is 1. The number of aromatic amines is 1. The Balaban J connectivity index is 1.40. The third kappa shape index (κ3) is 4.86. The Morgan fingerprint density at radius 3 is 2.40 bits per heavy atom. The zero-order chi connectivity index (χ0) is 20.9. The molecule has 1 aliphatic rings. The topological polar surface area (TPSA) is 83.1 Å². The number of ether oxygens (including phenoxy) is 1. The molecule has 1 aromatic heterocycles. The molecular weight excluding hydrogens is 378 g/mol. The minimum Gasteiger partial charge on any atom is -0.497 e. The fourth-order valence-corrected chi connectivity index (χ4v) is 3.64. The molecular formula is C23H27N5O2. The number of nitrogens with one attached hydrogen (secondary N) is 2. The second-order valence-corrected chi connectivity index (χ2v) is 7.86. The average Bonchev–Trinajstić information content (AvgIpc) is 2.77. The number of hydrogen-bond donors (Lipinski definition) is 2. The van der Waals surface area contributed by atoms with E-state index >= 15 is 0 Å². The first-order valence-corrected chi connectivity index (χ1v) is 10.3. The Labute approximate surface area is 176 Å². The summed E-state index contributed by atoms with van der Waals surface area (Å²) < 4.78 is 5.14. The molecule has 4 rings (SSSR count). The van der Waals surface area contributed by atoms with Crippen LogP contribution in [-0.4, -0.2) is 40.3 Å². The van der Waals surface area contributed by atoms with Gasteiger partial charge >= 0.3 is 0 Å². The summed E-state index contributed by atoms with van der Waals surface area (Å²) >= 11 is 0. The number of methoxy groups -OCH3 is 1. The number of nitrogens with zero attached hydrogens (tertiary/aromatic N) is 3. The number of rotatable bonds is 6. The van der Waals surface area contributed by atoms with Crippen molar-refractivity contribution < 1.29 is 4.74 Å². The molecule has 0 spiro atoms. The van der Waals surface area contributed by atoms with Crippen molar-refractivity contribution in [3.05, 3.63) is 64.4 Å². The number of benzene rings is 2. The van der Waals surface area contributed by atoms with Gasteiger partial charge in [-0.15, -0.1) is 10.2 Å². The number of hydrogen-bond acceptors (Lipinski definition) is 6. The molecule has 0 unspecified atom stereocenters. The van der Waals surface area contributed by atoms with Crippen molar-refractivity contribution in [3.8, 4) is 17.0 Å². The number of H-pyrrole nitrogens is 1. The summed E-state index contributed by atoms with van der Waals surface area (Å²) in [6, 6.07) is 15.4. The summed E-state index contributed by atoms with van der Waals surface area (Å²) in [6.45, 7) is 5.63. The van der Waals surface area contributed by atoms with Crippen LogP contribution >= 0.6 is 0 Å². The molecule has 1 fully saturated rings. The van der Waals surface area contributed by atoms with Gasteiger partial charge in [-0.2, -0.15) is 0 Å². The minimum absolute atomic E-state index is 0.273. The zero-order valence-corrected chi connectivity index (χ0v) is 17.4. The molecule has 0 radical (unpaired) electrons. The van der Waals surface area contributed by atoms with Gasteiger partial charge in [-0.25, -0.2) is 0 Å². The molecule has 1 saturated heterocycles. The van der Waals surface area contributed by atoms with Gasteiger partial charge in [0.1, 0.15) is 5.75 Å². The molecule has 2 heterocycles. The Bertz CT molecular complexity index is 1020. The van der Waals surface area contributed by atoms with Gasteiger partial charge in [0, 0.05) is 17.8 Å². The second-order valence-electron chi connectivity index (χ2n) is 7.86. The lowest BCUT2D eigenvalue weighted by Gasteiger charge is -2.30. The number of likely N-dealkylation sites (tertiary alicyclic amines) is 1. The maximum Gasteiger partial charge on any atom is 0.279 e. The number of anilines is 2. The summed E-state index contributed by atoms with van der Waals surface area (Å²) in [4.78, 5) is 17.7. The van der Waals surface area contributed by atoms with E-state index in [1.807, 2.05) is 12.1 Å². The summed E-state index contributed by atoms with van der Waals surface area (Å²) in [7, 11) is 1.60. The van der Waals surface area contributed by atoms with Crippen LogP contribution in [0, 0.1) is 5.92 Å². The molecule has 0 amide bonds. The lowest BCUT2D eigenvalue weighted by molar-refractivity contribution is 0.185. The number of aromatic nitrogens is 3. The van der Waals surface area contributed by atoms with Gasteiger partial charge in [-0.05, 0) is 73.8 Å². The van der Waals surface area contributed by atoms with Crippen LogP contribution < -0.4 is 15.6 Å². The fraction of sp³-hybridized carbons (Fsp3) is 0.348. The van der Waals surface area contributed by atoms with Crippen molar-refractivity contribution in [1.82, 2.24) is 20.1 Å². The first-order chi connectivity index (χ1) is 14.6. The molecule has 7 nitrogen and oxygen atoms in total. The first kappa shape index (κ1) is 20.1. The highest BCUT2D eigenvalue weighted by molar-refractivity contribution is 5.60. The maximum absolute atomic E-state index is 12.4. The normalized spacial score (nSPS) is 15.1. The second kappa shape index (κ2) is 9.09. The van der Waals surface area contributed by atoms with Crippen LogP contribution in [0.3, 0.4) is 0 Å². The highest BCUT2D eigenvalue weighted by Crippen LogP contribution is 2.20. The quantitative estimate of drug-likeness (QED) is 0.649. The Morgan fingerprint density at radius 2 is 1.77 bits per heavy atom. The van der Waals surface area contributed by atoms with E-state index in [9.17, 15) is 4.79 Å². The standard InChI is InChI=1S/C23H27N5O2/c1-16-11-13-28(14-12-16)15-17-3-7-19(8-4-17)24-23-25-22(29)21(26-27-23)18-5-9-20(30-2)10-6-18/h3-10,16H,11-15H2,1-2H3,(H2,24,25,27,29). The molecule has 0 saturated carbocycles. The van der Waals surface area contributed by atoms with Crippen molar-refractivity contribution in [1.29, 1.82) is 0 Å². The lowest BCUT2D eigenvalue weighted by atomic mass is 9.99. The SMILES string of the molecule is COc1ccc(-c2nnc(Nc3ccc(CN4CCC(C)CC4)cc3)[nH]c2=O)cc1. The summed E-state index contributed by atoms with van der Waals surface area (Å²) in [5.74, 6) is 1.88. The molecule has 156 valence electrons. The van der Waals surface area contributed by atoms with E-state index in [0.717, 1.165) is 23.9 Å². The molecule has 1 aliphatic heterocycles.